The maximum Gasteiger partial charge on any atom is 0.335 e. The van der Waals surface area contributed by atoms with Gasteiger partial charge in [-0.1, -0.05) is 6.07 Å². The molecule has 0 saturated heterocycles. The molecule has 3 aromatic rings. The Kier molecular flexibility index (Phi) is 3.68. The number of allylic oxidation sites excluding steroid dienone is 1. The first-order valence-corrected chi connectivity index (χ1v) is 8.99. The Labute approximate surface area is 159 Å². The van der Waals surface area contributed by atoms with Gasteiger partial charge in [-0.3, -0.25) is 9.36 Å². The van der Waals surface area contributed by atoms with E-state index in [1.54, 1.807) is 4.57 Å². The number of carboxylic acid groups (broad SMARTS) is 1. The van der Waals surface area contributed by atoms with Crippen molar-refractivity contribution in [3.05, 3.63) is 63.7 Å². The lowest BCUT2D eigenvalue weighted by Gasteiger charge is -2.18. The highest BCUT2D eigenvalue weighted by molar-refractivity contribution is 5.93. The Balaban J connectivity index is 1.62. The molecule has 0 unspecified atom stereocenters. The number of fused-ring (bicyclic) bond motifs is 3. The highest BCUT2D eigenvalue weighted by Gasteiger charge is 2.22. The molecule has 0 bridgehead atoms. The van der Waals surface area contributed by atoms with Crippen molar-refractivity contribution in [1.29, 1.82) is 0 Å². The van der Waals surface area contributed by atoms with Crippen molar-refractivity contribution >= 4 is 28.5 Å². The lowest BCUT2D eigenvalue weighted by Crippen LogP contribution is -2.21. The molecule has 28 heavy (non-hydrogen) atoms. The Hall–Kier alpha value is -3.61. The van der Waals surface area contributed by atoms with Crippen LogP contribution in [0.15, 0.2) is 41.2 Å². The first-order chi connectivity index (χ1) is 13.6. The van der Waals surface area contributed by atoms with Crippen LogP contribution in [0.3, 0.4) is 0 Å². The molecule has 0 radical (unpaired) electrons. The summed E-state index contributed by atoms with van der Waals surface area (Å²) in [5.41, 5.74) is 2.21. The van der Waals surface area contributed by atoms with Crippen LogP contribution in [0.1, 0.15) is 28.2 Å². The predicted molar refractivity (Wildman–Crippen MR) is 103 cm³/mol. The first-order valence-electron chi connectivity index (χ1n) is 8.99. The van der Waals surface area contributed by atoms with Gasteiger partial charge < -0.3 is 14.6 Å². The molecule has 2 aliphatic rings. The highest BCUT2D eigenvalue weighted by atomic mass is 16.6. The van der Waals surface area contributed by atoms with E-state index in [9.17, 15) is 14.7 Å². The summed E-state index contributed by atoms with van der Waals surface area (Å²) in [6.45, 7) is 1.61. The Morgan fingerprint density at radius 2 is 1.93 bits per heavy atom. The standard InChI is InChI=1S/C21H16N2O5/c24-20-15-3-2-14(21(25)26)11-16(15)22-19-13(5-6-23(19)20)9-12-1-4-17-18(10-12)28-8-7-27-17/h1-4,9-11H,5-8H2,(H,25,26). The van der Waals surface area contributed by atoms with Crippen LogP contribution in [0.5, 0.6) is 11.5 Å². The van der Waals surface area contributed by atoms with Gasteiger partial charge in [0, 0.05) is 6.54 Å². The molecule has 1 N–H and O–H groups in total. The minimum absolute atomic E-state index is 0.111. The summed E-state index contributed by atoms with van der Waals surface area (Å²) in [6, 6.07) is 10.1. The van der Waals surface area contributed by atoms with E-state index in [4.69, 9.17) is 9.47 Å². The number of nitrogens with zero attached hydrogens (tertiary/aromatic N) is 2. The number of rotatable bonds is 2. The van der Waals surface area contributed by atoms with E-state index in [2.05, 4.69) is 4.98 Å². The topological polar surface area (TPSA) is 90.7 Å². The maximum atomic E-state index is 12.8. The van der Waals surface area contributed by atoms with E-state index in [1.165, 1.54) is 18.2 Å². The second-order valence-electron chi connectivity index (χ2n) is 6.75. The largest absolute Gasteiger partial charge is 0.486 e. The van der Waals surface area contributed by atoms with Gasteiger partial charge in [0.05, 0.1) is 16.5 Å². The van der Waals surface area contributed by atoms with Gasteiger partial charge >= 0.3 is 5.97 Å². The normalized spacial score (nSPS) is 16.4. The van der Waals surface area contributed by atoms with Gasteiger partial charge in [-0.15, -0.1) is 0 Å². The number of aromatic carboxylic acids is 1. The number of hydrogen-bond donors (Lipinski definition) is 1. The van der Waals surface area contributed by atoms with Crippen LogP contribution in [0.25, 0.3) is 22.6 Å². The Bertz CT molecular complexity index is 1230. The van der Waals surface area contributed by atoms with Crippen LogP contribution in [-0.4, -0.2) is 33.8 Å². The molecular formula is C21H16N2O5. The number of benzene rings is 2. The van der Waals surface area contributed by atoms with Crippen LogP contribution in [0, 0.1) is 0 Å². The molecule has 7 nitrogen and oxygen atoms in total. The lowest BCUT2D eigenvalue weighted by atomic mass is 10.1. The zero-order chi connectivity index (χ0) is 19.3. The van der Waals surface area contributed by atoms with Crippen molar-refractivity contribution in [2.24, 2.45) is 0 Å². The molecule has 1 aromatic heterocycles. The molecule has 140 valence electrons. The lowest BCUT2D eigenvalue weighted by molar-refractivity contribution is 0.0697. The van der Waals surface area contributed by atoms with E-state index in [1.807, 2.05) is 24.3 Å². The van der Waals surface area contributed by atoms with Gasteiger partial charge in [-0.2, -0.15) is 0 Å². The Morgan fingerprint density at radius 3 is 2.75 bits per heavy atom. The molecule has 0 atom stereocenters. The molecular weight excluding hydrogens is 360 g/mol. The summed E-state index contributed by atoms with van der Waals surface area (Å²) >= 11 is 0. The van der Waals surface area contributed by atoms with Crippen LogP contribution >= 0.6 is 0 Å². The highest BCUT2D eigenvalue weighted by Crippen LogP contribution is 2.33. The molecule has 0 amide bonds. The van der Waals surface area contributed by atoms with Crippen molar-refractivity contribution in [2.45, 2.75) is 13.0 Å². The van der Waals surface area contributed by atoms with E-state index >= 15 is 0 Å². The fraction of sp³-hybridized carbons (Fsp3) is 0.190. The van der Waals surface area contributed by atoms with Crippen molar-refractivity contribution in [1.82, 2.24) is 9.55 Å². The number of hydrogen-bond acceptors (Lipinski definition) is 5. The third kappa shape index (κ3) is 2.63. The minimum atomic E-state index is -1.05. The summed E-state index contributed by atoms with van der Waals surface area (Å²) in [5.74, 6) is 0.960. The smallest absolute Gasteiger partial charge is 0.335 e. The predicted octanol–water partition coefficient (Wildman–Crippen LogP) is 2.81. The van der Waals surface area contributed by atoms with Crippen LogP contribution in [0.2, 0.25) is 0 Å². The van der Waals surface area contributed by atoms with Gasteiger partial charge in [-0.25, -0.2) is 9.78 Å². The van der Waals surface area contributed by atoms with Gasteiger partial charge in [0.1, 0.15) is 19.0 Å². The van der Waals surface area contributed by atoms with Crippen LogP contribution in [0.4, 0.5) is 0 Å². The summed E-state index contributed by atoms with van der Waals surface area (Å²) in [7, 11) is 0. The molecule has 0 fully saturated rings. The third-order valence-electron chi connectivity index (χ3n) is 5.00. The van der Waals surface area contributed by atoms with Gasteiger partial charge in [0.25, 0.3) is 5.56 Å². The molecule has 0 spiro atoms. The summed E-state index contributed by atoms with van der Waals surface area (Å²) in [6.07, 6.45) is 2.66. The van der Waals surface area contributed by atoms with Gasteiger partial charge in [0.15, 0.2) is 11.5 Å². The number of aromatic nitrogens is 2. The van der Waals surface area contributed by atoms with E-state index in [0.717, 1.165) is 16.9 Å². The average Bonchev–Trinajstić information content (AvgIpc) is 3.10. The molecule has 5 rings (SSSR count). The van der Waals surface area contributed by atoms with Crippen molar-refractivity contribution in [2.75, 3.05) is 13.2 Å². The van der Waals surface area contributed by atoms with E-state index < -0.39 is 5.97 Å². The fourth-order valence-electron chi connectivity index (χ4n) is 3.64. The molecule has 3 heterocycles. The number of carboxylic acids is 1. The van der Waals surface area contributed by atoms with E-state index in [-0.39, 0.29) is 11.1 Å². The van der Waals surface area contributed by atoms with Crippen LogP contribution < -0.4 is 15.0 Å². The molecule has 2 aromatic carbocycles. The molecule has 7 heteroatoms. The van der Waals surface area contributed by atoms with E-state index in [0.29, 0.717) is 48.7 Å². The Morgan fingerprint density at radius 1 is 1.11 bits per heavy atom. The maximum absolute atomic E-state index is 12.8. The van der Waals surface area contributed by atoms with Gasteiger partial charge in [-0.05, 0) is 54.0 Å². The number of carbonyl (C=O) groups is 1. The molecule has 0 saturated carbocycles. The monoisotopic (exact) mass is 376 g/mol. The van der Waals surface area contributed by atoms with Crippen molar-refractivity contribution in [3.8, 4) is 11.5 Å². The summed E-state index contributed by atoms with van der Waals surface area (Å²) in [5, 5.41) is 9.63. The quantitative estimate of drug-likeness (QED) is 0.740. The zero-order valence-corrected chi connectivity index (χ0v) is 14.8. The van der Waals surface area contributed by atoms with Crippen molar-refractivity contribution < 1.29 is 19.4 Å². The third-order valence-corrected chi connectivity index (χ3v) is 5.00. The summed E-state index contributed by atoms with van der Waals surface area (Å²) < 4.78 is 12.8. The second-order valence-corrected chi connectivity index (χ2v) is 6.75. The fourth-order valence-corrected chi connectivity index (χ4v) is 3.64. The molecule has 2 aliphatic heterocycles. The van der Waals surface area contributed by atoms with Crippen molar-refractivity contribution in [3.63, 3.8) is 0 Å². The van der Waals surface area contributed by atoms with Crippen LogP contribution in [-0.2, 0) is 6.54 Å². The molecule has 0 aliphatic carbocycles. The zero-order valence-electron chi connectivity index (χ0n) is 14.8. The number of ether oxygens (including phenoxy) is 2. The SMILES string of the molecule is O=C(O)c1ccc2c(=O)n3c(nc2c1)C(=Cc1ccc2c(c1)OCCO2)CC3. The average molecular weight is 376 g/mol. The first kappa shape index (κ1) is 16.6. The minimum Gasteiger partial charge on any atom is -0.486 e. The van der Waals surface area contributed by atoms with Gasteiger partial charge in [0.2, 0.25) is 0 Å². The second kappa shape index (κ2) is 6.23. The summed E-state index contributed by atoms with van der Waals surface area (Å²) in [4.78, 5) is 28.6.